The van der Waals surface area contributed by atoms with E-state index in [9.17, 15) is 4.79 Å². The van der Waals surface area contributed by atoms with Crippen LogP contribution in [0.1, 0.15) is 0 Å². The average molecular weight is 350 g/mol. The van der Waals surface area contributed by atoms with Crippen molar-refractivity contribution in [1.29, 1.82) is 0 Å². The average Bonchev–Trinajstić information content (AvgIpc) is 2.62. The Hall–Kier alpha value is -3.25. The summed E-state index contributed by atoms with van der Waals surface area (Å²) >= 11 is 5.92. The molecule has 0 bridgehead atoms. The fourth-order valence-electron chi connectivity index (χ4n) is 2.56. The largest absolute Gasteiger partial charge is 0.368 e. The molecule has 0 aliphatic heterocycles. The fourth-order valence-corrected chi connectivity index (χ4v) is 2.69. The maximum Gasteiger partial charge on any atom is 0.259 e. The van der Waals surface area contributed by atoms with Crippen molar-refractivity contribution in [1.82, 2.24) is 19.9 Å². The third kappa shape index (κ3) is 2.95. The minimum atomic E-state index is -0.231. The Balaban J connectivity index is 1.88. The van der Waals surface area contributed by atoms with E-state index in [1.54, 1.807) is 36.4 Å². The van der Waals surface area contributed by atoms with E-state index in [2.05, 4.69) is 19.9 Å². The molecule has 7 heteroatoms. The standard InChI is InChI=1S/C18H12ClN5O/c19-11-7-5-10(6-8-11)14-9-15(23-18(20)22-14)16-21-13-4-2-1-3-12(13)17(25)24-16/h1-9H,(H2,20,22,23)(H,21,24,25). The van der Waals surface area contributed by atoms with Crippen LogP contribution in [-0.4, -0.2) is 19.9 Å². The van der Waals surface area contributed by atoms with Crippen LogP contribution in [0.2, 0.25) is 5.02 Å². The summed E-state index contributed by atoms with van der Waals surface area (Å²) in [4.78, 5) is 27.9. The van der Waals surface area contributed by atoms with E-state index in [1.807, 2.05) is 18.2 Å². The van der Waals surface area contributed by atoms with Gasteiger partial charge in [0.15, 0.2) is 5.82 Å². The molecule has 0 unspecified atom stereocenters. The highest BCUT2D eigenvalue weighted by Gasteiger charge is 2.11. The number of nitrogen functional groups attached to an aromatic ring is 1. The number of aromatic amines is 1. The summed E-state index contributed by atoms with van der Waals surface area (Å²) in [7, 11) is 0. The van der Waals surface area contributed by atoms with Crippen LogP contribution in [0.25, 0.3) is 33.7 Å². The maximum atomic E-state index is 12.3. The van der Waals surface area contributed by atoms with Crippen molar-refractivity contribution in [3.05, 3.63) is 70.0 Å². The van der Waals surface area contributed by atoms with E-state index in [4.69, 9.17) is 17.3 Å². The molecule has 0 radical (unpaired) electrons. The molecule has 0 saturated heterocycles. The molecule has 0 spiro atoms. The van der Waals surface area contributed by atoms with Crippen molar-refractivity contribution in [3.8, 4) is 22.8 Å². The highest BCUT2D eigenvalue weighted by Crippen LogP contribution is 2.24. The number of aromatic nitrogens is 4. The zero-order chi connectivity index (χ0) is 17.4. The molecule has 0 aliphatic rings. The number of nitrogens with zero attached hydrogens (tertiary/aromatic N) is 3. The Labute approximate surface area is 147 Å². The number of nitrogens with one attached hydrogen (secondary N) is 1. The number of halogens is 1. The molecule has 4 rings (SSSR count). The summed E-state index contributed by atoms with van der Waals surface area (Å²) in [5.74, 6) is 0.436. The van der Waals surface area contributed by atoms with E-state index < -0.39 is 0 Å². The Kier molecular flexibility index (Phi) is 3.66. The second-order valence-electron chi connectivity index (χ2n) is 5.44. The minimum Gasteiger partial charge on any atom is -0.368 e. The third-order valence-corrected chi connectivity index (χ3v) is 3.99. The molecule has 3 N–H and O–H groups in total. The molecular formula is C18H12ClN5O. The van der Waals surface area contributed by atoms with Crippen LogP contribution < -0.4 is 11.3 Å². The number of hydrogen-bond donors (Lipinski definition) is 2. The number of para-hydroxylation sites is 1. The van der Waals surface area contributed by atoms with Gasteiger partial charge in [0.05, 0.1) is 16.6 Å². The lowest BCUT2D eigenvalue weighted by Gasteiger charge is -2.07. The van der Waals surface area contributed by atoms with Crippen molar-refractivity contribution in [3.63, 3.8) is 0 Å². The monoisotopic (exact) mass is 349 g/mol. The first-order chi connectivity index (χ1) is 12.1. The van der Waals surface area contributed by atoms with Gasteiger partial charge >= 0.3 is 0 Å². The molecule has 122 valence electrons. The molecule has 2 heterocycles. The lowest BCUT2D eigenvalue weighted by atomic mass is 10.1. The van der Waals surface area contributed by atoms with Gasteiger partial charge in [-0.2, -0.15) is 0 Å². The number of fused-ring (bicyclic) bond motifs is 1. The Morgan fingerprint density at radius 1 is 0.920 bits per heavy atom. The van der Waals surface area contributed by atoms with E-state index in [0.717, 1.165) is 5.56 Å². The number of benzene rings is 2. The predicted octanol–water partition coefficient (Wildman–Crippen LogP) is 3.28. The van der Waals surface area contributed by atoms with Gasteiger partial charge in [-0.05, 0) is 30.3 Å². The smallest absolute Gasteiger partial charge is 0.259 e. The van der Waals surface area contributed by atoms with Crippen molar-refractivity contribution in [2.75, 3.05) is 5.73 Å². The zero-order valence-corrected chi connectivity index (χ0v) is 13.7. The normalized spacial score (nSPS) is 10.9. The second-order valence-corrected chi connectivity index (χ2v) is 5.87. The number of H-pyrrole nitrogens is 1. The van der Waals surface area contributed by atoms with Crippen molar-refractivity contribution in [2.45, 2.75) is 0 Å². The summed E-state index contributed by atoms with van der Waals surface area (Å²) in [6.45, 7) is 0. The van der Waals surface area contributed by atoms with Crippen molar-refractivity contribution in [2.24, 2.45) is 0 Å². The van der Waals surface area contributed by atoms with Gasteiger partial charge in [0.1, 0.15) is 5.69 Å². The van der Waals surface area contributed by atoms with Crippen molar-refractivity contribution < 1.29 is 0 Å². The highest BCUT2D eigenvalue weighted by atomic mass is 35.5. The summed E-state index contributed by atoms with van der Waals surface area (Å²) in [6.07, 6.45) is 0. The molecule has 0 fully saturated rings. The van der Waals surface area contributed by atoms with E-state index in [0.29, 0.717) is 33.1 Å². The molecule has 2 aromatic carbocycles. The van der Waals surface area contributed by atoms with Crippen LogP contribution in [0.4, 0.5) is 5.95 Å². The van der Waals surface area contributed by atoms with Gasteiger partial charge in [-0.1, -0.05) is 35.9 Å². The molecule has 0 aliphatic carbocycles. The Bertz CT molecular complexity index is 1140. The third-order valence-electron chi connectivity index (χ3n) is 3.74. The van der Waals surface area contributed by atoms with Gasteiger partial charge in [0.25, 0.3) is 5.56 Å². The van der Waals surface area contributed by atoms with Gasteiger partial charge in [0.2, 0.25) is 5.95 Å². The minimum absolute atomic E-state index is 0.0956. The van der Waals surface area contributed by atoms with Gasteiger partial charge in [0, 0.05) is 10.6 Å². The van der Waals surface area contributed by atoms with Crippen LogP contribution in [-0.2, 0) is 0 Å². The summed E-state index contributed by atoms with van der Waals surface area (Å²) in [5, 5.41) is 1.15. The number of hydrogen-bond acceptors (Lipinski definition) is 5. The fraction of sp³-hybridized carbons (Fsp3) is 0. The Morgan fingerprint density at radius 3 is 2.44 bits per heavy atom. The molecular weight excluding hydrogens is 338 g/mol. The number of anilines is 1. The molecule has 2 aromatic heterocycles. The molecule has 25 heavy (non-hydrogen) atoms. The first-order valence-electron chi connectivity index (χ1n) is 7.50. The second kappa shape index (κ2) is 5.99. The summed E-state index contributed by atoms with van der Waals surface area (Å²) in [5.41, 5.74) is 8.11. The number of rotatable bonds is 2. The SMILES string of the molecule is Nc1nc(-c2ccc(Cl)cc2)cc(-c2nc3ccccc3c(=O)[nH]2)n1. The Morgan fingerprint density at radius 2 is 1.64 bits per heavy atom. The van der Waals surface area contributed by atoms with Crippen molar-refractivity contribution >= 4 is 28.5 Å². The van der Waals surface area contributed by atoms with Gasteiger partial charge in [-0.15, -0.1) is 0 Å². The van der Waals surface area contributed by atoms with Gasteiger partial charge < -0.3 is 10.7 Å². The first-order valence-corrected chi connectivity index (χ1v) is 7.88. The quantitative estimate of drug-likeness (QED) is 0.578. The highest BCUT2D eigenvalue weighted by molar-refractivity contribution is 6.30. The molecule has 4 aromatic rings. The van der Waals surface area contributed by atoms with Gasteiger partial charge in [-0.25, -0.2) is 15.0 Å². The van der Waals surface area contributed by atoms with Crippen LogP contribution in [0.3, 0.4) is 0 Å². The van der Waals surface area contributed by atoms with Crippen LogP contribution >= 0.6 is 11.6 Å². The molecule has 6 nitrogen and oxygen atoms in total. The first kappa shape index (κ1) is 15.3. The lowest BCUT2D eigenvalue weighted by Crippen LogP contribution is -2.10. The molecule has 0 atom stereocenters. The zero-order valence-electron chi connectivity index (χ0n) is 12.9. The van der Waals surface area contributed by atoms with E-state index in [-0.39, 0.29) is 11.5 Å². The number of nitrogens with two attached hydrogens (primary N) is 1. The predicted molar refractivity (Wildman–Crippen MR) is 98.2 cm³/mol. The molecule has 0 amide bonds. The van der Waals surface area contributed by atoms with Gasteiger partial charge in [-0.3, -0.25) is 4.79 Å². The summed E-state index contributed by atoms with van der Waals surface area (Å²) in [6, 6.07) is 16.1. The van der Waals surface area contributed by atoms with Crippen LogP contribution in [0, 0.1) is 0 Å². The van der Waals surface area contributed by atoms with E-state index >= 15 is 0 Å². The maximum absolute atomic E-state index is 12.3. The van der Waals surface area contributed by atoms with E-state index in [1.165, 1.54) is 0 Å². The lowest BCUT2D eigenvalue weighted by molar-refractivity contribution is 1.12. The van der Waals surface area contributed by atoms with Crippen LogP contribution in [0.5, 0.6) is 0 Å². The molecule has 0 saturated carbocycles. The summed E-state index contributed by atoms with van der Waals surface area (Å²) < 4.78 is 0. The topological polar surface area (TPSA) is 97.5 Å². The van der Waals surface area contributed by atoms with Crippen LogP contribution in [0.15, 0.2) is 59.4 Å².